The lowest BCUT2D eigenvalue weighted by Crippen LogP contribution is -2.71. The van der Waals surface area contributed by atoms with E-state index in [9.17, 15) is 14.4 Å². The third-order valence-electron chi connectivity index (χ3n) is 5.60. The molecule has 2 fully saturated rings. The van der Waals surface area contributed by atoms with Gasteiger partial charge in [-0.1, -0.05) is 36.4 Å². The number of benzene rings is 2. The summed E-state index contributed by atoms with van der Waals surface area (Å²) in [7, 11) is 1.32. The molecule has 2 aliphatic heterocycles. The molecule has 8 nitrogen and oxygen atoms in total. The summed E-state index contributed by atoms with van der Waals surface area (Å²) >= 11 is 1.49. The molecule has 32 heavy (non-hydrogen) atoms. The van der Waals surface area contributed by atoms with Crippen LogP contribution in [0.2, 0.25) is 0 Å². The number of hydrogen-bond donors (Lipinski definition) is 2. The van der Waals surface area contributed by atoms with E-state index in [4.69, 9.17) is 9.47 Å². The maximum atomic E-state index is 12.9. The fourth-order valence-electron chi connectivity index (χ4n) is 3.98. The lowest BCUT2D eigenvalue weighted by atomic mass is 9.94. The first-order valence-electron chi connectivity index (χ1n) is 10.3. The Bertz CT molecular complexity index is 990. The lowest BCUT2D eigenvalue weighted by molar-refractivity contribution is -0.162. The van der Waals surface area contributed by atoms with Crippen LogP contribution in [0, 0.1) is 0 Å². The van der Waals surface area contributed by atoms with E-state index >= 15 is 0 Å². The molecule has 2 N–H and O–H groups in total. The van der Waals surface area contributed by atoms with Crippen LogP contribution in [0.4, 0.5) is 5.69 Å². The van der Waals surface area contributed by atoms with Crippen LogP contribution in [-0.2, 0) is 19.1 Å². The summed E-state index contributed by atoms with van der Waals surface area (Å²) in [6.07, 6.45) is 0. The van der Waals surface area contributed by atoms with Crippen molar-refractivity contribution in [3.05, 3.63) is 60.7 Å². The molecular weight excluding hydrogens is 430 g/mol. The number of nitrogens with zero attached hydrogens (tertiary/aromatic N) is 1. The first-order valence-corrected chi connectivity index (χ1v) is 11.1. The van der Waals surface area contributed by atoms with Gasteiger partial charge in [-0.15, -0.1) is 11.8 Å². The Morgan fingerprint density at radius 3 is 2.41 bits per heavy atom. The van der Waals surface area contributed by atoms with Gasteiger partial charge in [0.1, 0.15) is 23.2 Å². The van der Waals surface area contributed by atoms with Gasteiger partial charge >= 0.3 is 5.97 Å². The second kappa shape index (κ2) is 9.12. The highest BCUT2D eigenvalue weighted by molar-refractivity contribution is 8.01. The summed E-state index contributed by atoms with van der Waals surface area (Å²) in [5.74, 6) is -0.583. The van der Waals surface area contributed by atoms with Gasteiger partial charge in [-0.2, -0.15) is 0 Å². The van der Waals surface area contributed by atoms with E-state index in [1.54, 1.807) is 12.1 Å². The highest BCUT2D eigenvalue weighted by atomic mass is 32.2. The van der Waals surface area contributed by atoms with Crippen molar-refractivity contribution in [2.75, 3.05) is 25.6 Å². The summed E-state index contributed by atoms with van der Waals surface area (Å²) in [4.78, 5) is 39.4. The lowest BCUT2D eigenvalue weighted by Gasteiger charge is -2.43. The zero-order valence-corrected chi connectivity index (χ0v) is 18.6. The Balaban J connectivity index is 1.42. The Morgan fingerprint density at radius 1 is 1.09 bits per heavy atom. The van der Waals surface area contributed by atoms with Gasteiger partial charge in [0.25, 0.3) is 5.91 Å². The van der Waals surface area contributed by atoms with Crippen molar-refractivity contribution >= 4 is 35.2 Å². The van der Waals surface area contributed by atoms with Crippen molar-refractivity contribution in [1.29, 1.82) is 0 Å². The predicted molar refractivity (Wildman–Crippen MR) is 121 cm³/mol. The van der Waals surface area contributed by atoms with E-state index in [1.165, 1.54) is 23.8 Å². The van der Waals surface area contributed by atoms with Crippen LogP contribution in [0.3, 0.4) is 0 Å². The highest BCUT2D eigenvalue weighted by Crippen LogP contribution is 2.51. The first-order chi connectivity index (χ1) is 15.4. The molecule has 0 radical (unpaired) electrons. The molecule has 2 heterocycles. The molecular formula is C23H25N3O5S. The largest absolute Gasteiger partial charge is 0.484 e. The molecule has 168 valence electrons. The first kappa shape index (κ1) is 22.0. The summed E-state index contributed by atoms with van der Waals surface area (Å²) in [5, 5.41) is 5.74. The van der Waals surface area contributed by atoms with Crippen LogP contribution in [0.5, 0.6) is 5.75 Å². The van der Waals surface area contributed by atoms with E-state index in [0.717, 1.165) is 5.69 Å². The van der Waals surface area contributed by atoms with Gasteiger partial charge in [-0.05, 0) is 31.2 Å². The van der Waals surface area contributed by atoms with E-state index < -0.39 is 28.7 Å². The number of carbonyl (C=O) groups is 3. The third-order valence-corrected chi connectivity index (χ3v) is 7.24. The van der Waals surface area contributed by atoms with Gasteiger partial charge < -0.3 is 25.0 Å². The van der Waals surface area contributed by atoms with Crippen molar-refractivity contribution in [1.82, 2.24) is 10.2 Å². The number of methoxy groups -OCH3 is 1. The van der Waals surface area contributed by atoms with Crippen molar-refractivity contribution < 1.29 is 23.9 Å². The van der Waals surface area contributed by atoms with Crippen LogP contribution in [0.25, 0.3) is 0 Å². The minimum Gasteiger partial charge on any atom is -0.484 e. The smallest absolute Gasteiger partial charge is 0.330 e. The number of para-hydroxylation sites is 2. The zero-order chi connectivity index (χ0) is 22.7. The average molecular weight is 456 g/mol. The molecule has 0 saturated carbocycles. The van der Waals surface area contributed by atoms with Gasteiger partial charge in [0.05, 0.1) is 11.9 Å². The van der Waals surface area contributed by atoms with Crippen LogP contribution >= 0.6 is 11.8 Å². The number of esters is 1. The number of fused-ring (bicyclic) bond motifs is 1. The molecule has 2 aliphatic rings. The van der Waals surface area contributed by atoms with Gasteiger partial charge in [-0.25, -0.2) is 4.79 Å². The molecule has 2 aromatic carbocycles. The van der Waals surface area contributed by atoms with Gasteiger partial charge in [0, 0.05) is 12.2 Å². The van der Waals surface area contributed by atoms with Gasteiger partial charge in [-0.3, -0.25) is 9.59 Å². The summed E-state index contributed by atoms with van der Waals surface area (Å²) in [5.41, 5.74) is 0.918. The van der Waals surface area contributed by atoms with Crippen molar-refractivity contribution in [3.63, 3.8) is 0 Å². The summed E-state index contributed by atoms with van der Waals surface area (Å²) < 4.78 is 9.83. The number of amides is 2. The minimum atomic E-state index is -0.750. The van der Waals surface area contributed by atoms with E-state index in [1.807, 2.05) is 55.5 Å². The summed E-state index contributed by atoms with van der Waals surface area (Å²) in [6.45, 7) is 2.18. The standard InChI is InChI=1S/C23H25N3O5S/c1-23(14-24-15-9-5-3-6-10-15)19(22(29)30-2)26-20(28)18(21(26)32-23)25-17(27)13-31-16-11-7-4-8-12-16/h3-12,18-19,21,24H,13-14H2,1-2H3,(H,25,27). The van der Waals surface area contributed by atoms with Crippen LogP contribution < -0.4 is 15.4 Å². The molecule has 4 atom stereocenters. The molecule has 2 saturated heterocycles. The quantitative estimate of drug-likeness (QED) is 0.463. The number of rotatable bonds is 8. The third kappa shape index (κ3) is 4.25. The average Bonchev–Trinajstić information content (AvgIpc) is 3.10. The van der Waals surface area contributed by atoms with E-state index in [-0.39, 0.29) is 17.9 Å². The fourth-order valence-corrected chi connectivity index (χ4v) is 5.69. The Morgan fingerprint density at radius 2 is 1.75 bits per heavy atom. The Kier molecular flexibility index (Phi) is 6.27. The van der Waals surface area contributed by atoms with E-state index in [0.29, 0.717) is 12.3 Å². The number of hydrogen-bond acceptors (Lipinski definition) is 7. The van der Waals surface area contributed by atoms with Crippen LogP contribution in [-0.4, -0.2) is 65.1 Å². The van der Waals surface area contributed by atoms with Gasteiger partial charge in [0.15, 0.2) is 6.61 Å². The second-order valence-corrected chi connectivity index (χ2v) is 9.51. The van der Waals surface area contributed by atoms with Crippen molar-refractivity contribution in [2.45, 2.75) is 29.1 Å². The molecule has 0 aliphatic carbocycles. The monoisotopic (exact) mass is 455 g/mol. The number of thioether (sulfide) groups is 1. The molecule has 0 aromatic heterocycles. The number of ether oxygens (including phenoxy) is 2. The maximum Gasteiger partial charge on any atom is 0.330 e. The number of β-lactam (4-membered cyclic amide) rings is 1. The topological polar surface area (TPSA) is 97.0 Å². The fraction of sp³-hybridized carbons (Fsp3) is 0.348. The van der Waals surface area contributed by atoms with Crippen molar-refractivity contribution in [2.24, 2.45) is 0 Å². The van der Waals surface area contributed by atoms with Crippen LogP contribution in [0.1, 0.15) is 6.92 Å². The normalized spacial score (nSPS) is 26.0. The number of carbonyl (C=O) groups excluding carboxylic acids is 3. The van der Waals surface area contributed by atoms with Gasteiger partial charge in [0.2, 0.25) is 5.91 Å². The summed E-state index contributed by atoms with van der Waals surface area (Å²) in [6, 6.07) is 17.2. The molecule has 2 aromatic rings. The predicted octanol–water partition coefficient (Wildman–Crippen LogP) is 1.88. The van der Waals surface area contributed by atoms with Crippen LogP contribution in [0.15, 0.2) is 60.7 Å². The van der Waals surface area contributed by atoms with Crippen molar-refractivity contribution in [3.8, 4) is 5.75 Å². The zero-order valence-electron chi connectivity index (χ0n) is 17.8. The second-order valence-electron chi connectivity index (χ2n) is 7.86. The molecule has 0 spiro atoms. The Hall–Kier alpha value is -3.20. The number of nitrogens with one attached hydrogen (secondary N) is 2. The van der Waals surface area contributed by atoms with E-state index in [2.05, 4.69) is 10.6 Å². The Labute approximate surface area is 190 Å². The molecule has 4 rings (SSSR count). The molecule has 2 amide bonds. The molecule has 0 bridgehead atoms. The molecule has 4 unspecified atom stereocenters. The molecule has 9 heteroatoms. The SMILES string of the molecule is COC(=O)C1N2C(=O)C(NC(=O)COc3ccccc3)C2SC1(C)CNc1ccccc1. The maximum absolute atomic E-state index is 12.9. The minimum absolute atomic E-state index is 0.196. The highest BCUT2D eigenvalue weighted by Gasteiger charge is 2.65. The number of anilines is 1.